The maximum atomic E-state index is 10.6. The number of hydrogen-bond donors (Lipinski definition) is 1. The van der Waals surface area contributed by atoms with Gasteiger partial charge in [-0.05, 0) is 13.3 Å². The average Bonchev–Trinajstić information content (AvgIpc) is 2.96. The van der Waals surface area contributed by atoms with E-state index in [1.54, 1.807) is 6.92 Å². The fourth-order valence-electron chi connectivity index (χ4n) is 3.14. The summed E-state index contributed by atoms with van der Waals surface area (Å²) in [5.74, 6) is -1.60. The van der Waals surface area contributed by atoms with Gasteiger partial charge in [-0.3, -0.25) is 4.79 Å². The average molecular weight is 359 g/mol. The van der Waals surface area contributed by atoms with Crippen LogP contribution in [-0.4, -0.2) is 42.8 Å². The van der Waals surface area contributed by atoms with Gasteiger partial charge in [0.15, 0.2) is 5.79 Å². The molecule has 1 rings (SSSR count). The number of ether oxygens (including phenoxy) is 3. The molecule has 25 heavy (non-hydrogen) atoms. The number of aliphatic carboxylic acids is 1. The molecule has 1 fully saturated rings. The highest BCUT2D eigenvalue weighted by Gasteiger charge is 2.37. The Hall–Kier alpha value is -0.650. The maximum Gasteiger partial charge on any atom is 0.303 e. The SMILES string of the molecule is CCCCCCCCCCCCOCC1COC(C)(CCC(=O)O)O1. The third-order valence-electron chi connectivity index (χ3n) is 4.73. The van der Waals surface area contributed by atoms with Crippen LogP contribution in [0.1, 0.15) is 90.9 Å². The van der Waals surface area contributed by atoms with Gasteiger partial charge in [0.25, 0.3) is 0 Å². The Morgan fingerprint density at radius 2 is 1.68 bits per heavy atom. The van der Waals surface area contributed by atoms with Crippen molar-refractivity contribution in [1.29, 1.82) is 0 Å². The van der Waals surface area contributed by atoms with Crippen LogP contribution in [0.5, 0.6) is 0 Å². The van der Waals surface area contributed by atoms with Crippen LogP contribution in [-0.2, 0) is 19.0 Å². The minimum atomic E-state index is -0.825. The van der Waals surface area contributed by atoms with Crippen LogP contribution < -0.4 is 0 Å². The van der Waals surface area contributed by atoms with E-state index in [2.05, 4.69) is 6.92 Å². The molecule has 0 spiro atoms. The van der Waals surface area contributed by atoms with Gasteiger partial charge in [-0.25, -0.2) is 0 Å². The third kappa shape index (κ3) is 11.6. The van der Waals surface area contributed by atoms with E-state index in [9.17, 15) is 4.79 Å². The van der Waals surface area contributed by atoms with E-state index in [4.69, 9.17) is 19.3 Å². The van der Waals surface area contributed by atoms with Crippen LogP contribution in [0, 0.1) is 0 Å². The van der Waals surface area contributed by atoms with E-state index in [-0.39, 0.29) is 12.5 Å². The van der Waals surface area contributed by atoms with E-state index in [0.717, 1.165) is 13.0 Å². The van der Waals surface area contributed by atoms with Crippen LogP contribution in [0.25, 0.3) is 0 Å². The van der Waals surface area contributed by atoms with Crippen LogP contribution >= 0.6 is 0 Å². The highest BCUT2D eigenvalue weighted by atomic mass is 16.7. The predicted molar refractivity (Wildman–Crippen MR) is 98.8 cm³/mol. The molecule has 1 heterocycles. The monoisotopic (exact) mass is 358 g/mol. The topological polar surface area (TPSA) is 65.0 Å². The lowest BCUT2D eigenvalue weighted by atomic mass is 10.1. The van der Waals surface area contributed by atoms with Crippen molar-refractivity contribution in [3.05, 3.63) is 0 Å². The molecule has 1 aliphatic heterocycles. The minimum absolute atomic E-state index is 0.0582. The summed E-state index contributed by atoms with van der Waals surface area (Å²) in [4.78, 5) is 10.6. The van der Waals surface area contributed by atoms with E-state index in [1.807, 2.05) is 0 Å². The molecule has 0 saturated carbocycles. The number of carboxylic acids is 1. The second-order valence-electron chi connectivity index (χ2n) is 7.34. The number of hydrogen-bond acceptors (Lipinski definition) is 4. The standard InChI is InChI=1S/C20H38O5/c1-3-4-5-6-7-8-9-10-11-12-15-23-16-18-17-24-20(2,25-18)14-13-19(21)22/h18H,3-17H2,1-2H3,(H,21,22). The molecule has 2 unspecified atom stereocenters. The van der Waals surface area contributed by atoms with Gasteiger partial charge in [0, 0.05) is 13.0 Å². The molecule has 0 amide bonds. The zero-order valence-corrected chi connectivity index (χ0v) is 16.3. The normalized spacial score (nSPS) is 23.2. The van der Waals surface area contributed by atoms with Crippen LogP contribution in [0.4, 0.5) is 0 Å². The summed E-state index contributed by atoms with van der Waals surface area (Å²) in [6.45, 7) is 5.83. The van der Waals surface area contributed by atoms with Crippen LogP contribution in [0.15, 0.2) is 0 Å². The Morgan fingerprint density at radius 3 is 2.28 bits per heavy atom. The Morgan fingerprint density at radius 1 is 1.08 bits per heavy atom. The maximum absolute atomic E-state index is 10.6. The number of unbranched alkanes of at least 4 members (excludes halogenated alkanes) is 9. The molecule has 0 aromatic heterocycles. The minimum Gasteiger partial charge on any atom is -0.481 e. The van der Waals surface area contributed by atoms with Gasteiger partial charge in [-0.2, -0.15) is 0 Å². The molecule has 1 aliphatic rings. The second-order valence-corrected chi connectivity index (χ2v) is 7.34. The molecule has 0 aromatic rings. The Kier molecular flexibility index (Phi) is 12.1. The van der Waals surface area contributed by atoms with Gasteiger partial charge in [0.05, 0.1) is 19.6 Å². The summed E-state index contributed by atoms with van der Waals surface area (Å²) >= 11 is 0. The molecular formula is C20H38O5. The smallest absolute Gasteiger partial charge is 0.303 e. The molecule has 1 N–H and O–H groups in total. The molecule has 0 aromatic carbocycles. The van der Waals surface area contributed by atoms with Gasteiger partial charge < -0.3 is 19.3 Å². The zero-order chi connectivity index (χ0) is 18.4. The summed E-state index contributed by atoms with van der Waals surface area (Å²) < 4.78 is 17.1. The molecule has 0 bridgehead atoms. The first-order chi connectivity index (χ1) is 12.1. The fraction of sp³-hybridized carbons (Fsp3) is 0.950. The van der Waals surface area contributed by atoms with Crippen molar-refractivity contribution in [2.24, 2.45) is 0 Å². The quantitative estimate of drug-likeness (QED) is 0.397. The fourth-order valence-corrected chi connectivity index (χ4v) is 3.14. The van der Waals surface area contributed by atoms with Gasteiger partial charge in [0.1, 0.15) is 6.10 Å². The third-order valence-corrected chi connectivity index (χ3v) is 4.73. The largest absolute Gasteiger partial charge is 0.481 e. The Labute approximate surface area is 153 Å². The van der Waals surface area contributed by atoms with Gasteiger partial charge >= 0.3 is 5.97 Å². The summed E-state index contributed by atoms with van der Waals surface area (Å²) in [6, 6.07) is 0. The number of carboxylic acid groups (broad SMARTS) is 1. The number of carbonyl (C=O) groups is 1. The van der Waals surface area contributed by atoms with Crippen molar-refractivity contribution >= 4 is 5.97 Å². The molecule has 148 valence electrons. The molecule has 0 radical (unpaired) electrons. The zero-order valence-electron chi connectivity index (χ0n) is 16.3. The summed E-state index contributed by atoms with van der Waals surface area (Å²) in [7, 11) is 0. The van der Waals surface area contributed by atoms with Crippen molar-refractivity contribution in [1.82, 2.24) is 0 Å². The summed E-state index contributed by atoms with van der Waals surface area (Å²) in [5.41, 5.74) is 0. The number of rotatable bonds is 16. The molecule has 1 saturated heterocycles. The van der Waals surface area contributed by atoms with Gasteiger partial charge in [-0.1, -0.05) is 64.7 Å². The lowest BCUT2D eigenvalue weighted by Gasteiger charge is -2.22. The first kappa shape index (κ1) is 22.4. The second kappa shape index (κ2) is 13.5. The lowest BCUT2D eigenvalue weighted by Crippen LogP contribution is -2.28. The molecule has 5 heteroatoms. The van der Waals surface area contributed by atoms with E-state index >= 15 is 0 Å². The Balaban J connectivity index is 1.88. The van der Waals surface area contributed by atoms with Crippen molar-refractivity contribution in [3.63, 3.8) is 0 Å². The van der Waals surface area contributed by atoms with E-state index in [0.29, 0.717) is 19.6 Å². The van der Waals surface area contributed by atoms with E-state index < -0.39 is 11.8 Å². The van der Waals surface area contributed by atoms with Gasteiger partial charge in [0.2, 0.25) is 0 Å². The first-order valence-electron chi connectivity index (χ1n) is 10.2. The van der Waals surface area contributed by atoms with Crippen LogP contribution in [0.3, 0.4) is 0 Å². The molecule has 5 nitrogen and oxygen atoms in total. The first-order valence-corrected chi connectivity index (χ1v) is 10.2. The van der Waals surface area contributed by atoms with Crippen LogP contribution in [0.2, 0.25) is 0 Å². The van der Waals surface area contributed by atoms with Crippen molar-refractivity contribution < 1.29 is 24.1 Å². The highest BCUT2D eigenvalue weighted by molar-refractivity contribution is 5.66. The van der Waals surface area contributed by atoms with Gasteiger partial charge in [-0.15, -0.1) is 0 Å². The summed E-state index contributed by atoms with van der Waals surface area (Å²) in [6.07, 6.45) is 13.6. The van der Waals surface area contributed by atoms with E-state index in [1.165, 1.54) is 57.8 Å². The lowest BCUT2D eigenvalue weighted by molar-refractivity contribution is -0.170. The molecule has 2 atom stereocenters. The van der Waals surface area contributed by atoms with Crippen molar-refractivity contribution in [2.75, 3.05) is 19.8 Å². The molecule has 0 aliphatic carbocycles. The molecular weight excluding hydrogens is 320 g/mol. The highest BCUT2D eigenvalue weighted by Crippen LogP contribution is 2.28. The Bertz CT molecular complexity index is 347. The summed E-state index contributed by atoms with van der Waals surface area (Å²) in [5, 5.41) is 8.74. The van der Waals surface area contributed by atoms with Crippen molar-refractivity contribution in [3.8, 4) is 0 Å². The predicted octanol–water partition coefficient (Wildman–Crippen LogP) is 4.92. The van der Waals surface area contributed by atoms with Crippen molar-refractivity contribution in [2.45, 2.75) is 103 Å².